The molecule has 4 N–H and O–H groups in total. The number of aliphatic hydroxyl groups is 1. The quantitative estimate of drug-likeness (QED) is 0.343. The normalized spacial score (nSPS) is 19.5. The molecule has 1 aliphatic carbocycles. The van der Waals surface area contributed by atoms with E-state index < -0.39 is 33.4 Å². The van der Waals surface area contributed by atoms with Crippen molar-refractivity contribution in [1.82, 2.24) is 10.0 Å². The van der Waals surface area contributed by atoms with Gasteiger partial charge in [-0.25, -0.2) is 8.42 Å². The van der Waals surface area contributed by atoms with Crippen LogP contribution in [0.4, 0.5) is 0 Å². The molecular formula is C23H21ClN2O6S2. The number of amides is 1. The third-order valence-corrected chi connectivity index (χ3v) is 9.00. The second-order valence-electron chi connectivity index (χ2n) is 7.83. The van der Waals surface area contributed by atoms with Crippen LogP contribution in [0.2, 0.25) is 5.02 Å². The van der Waals surface area contributed by atoms with E-state index in [0.29, 0.717) is 15.5 Å². The molecule has 3 aromatic rings. The summed E-state index contributed by atoms with van der Waals surface area (Å²) in [5.41, 5.74) is -0.312. The lowest BCUT2D eigenvalue weighted by Gasteiger charge is -2.16. The third-order valence-electron chi connectivity index (χ3n) is 5.61. The molecule has 0 bridgehead atoms. The number of benzene rings is 2. The molecule has 0 unspecified atom stereocenters. The van der Waals surface area contributed by atoms with Crippen molar-refractivity contribution in [3.05, 3.63) is 76.8 Å². The number of halogens is 1. The van der Waals surface area contributed by atoms with Crippen LogP contribution in [0.3, 0.4) is 0 Å². The van der Waals surface area contributed by atoms with Gasteiger partial charge < -0.3 is 15.5 Å². The summed E-state index contributed by atoms with van der Waals surface area (Å²) in [4.78, 5) is 25.4. The van der Waals surface area contributed by atoms with Crippen LogP contribution in [0.5, 0.6) is 0 Å². The minimum Gasteiger partial charge on any atom is -0.480 e. The van der Waals surface area contributed by atoms with Crippen LogP contribution in [0.1, 0.15) is 28.3 Å². The van der Waals surface area contributed by atoms with Crippen molar-refractivity contribution in [2.75, 3.05) is 13.2 Å². The van der Waals surface area contributed by atoms with Crippen LogP contribution in [-0.4, -0.2) is 49.2 Å². The Morgan fingerprint density at radius 3 is 2.47 bits per heavy atom. The van der Waals surface area contributed by atoms with Gasteiger partial charge in [0.2, 0.25) is 0 Å². The first-order valence-corrected chi connectivity index (χ1v) is 13.0. The molecule has 4 rings (SSSR count). The van der Waals surface area contributed by atoms with E-state index in [0.717, 1.165) is 16.9 Å². The smallest absolute Gasteiger partial charge is 0.325 e. The largest absolute Gasteiger partial charge is 0.480 e. The number of aliphatic hydroxyl groups excluding tert-OH is 1. The molecular weight excluding hydrogens is 500 g/mol. The van der Waals surface area contributed by atoms with E-state index in [1.165, 1.54) is 6.07 Å². The van der Waals surface area contributed by atoms with E-state index >= 15 is 0 Å². The molecule has 34 heavy (non-hydrogen) atoms. The van der Waals surface area contributed by atoms with Gasteiger partial charge in [0.05, 0.1) is 6.61 Å². The molecule has 178 valence electrons. The summed E-state index contributed by atoms with van der Waals surface area (Å²) in [6.07, 6.45) is 0.00126. The average Bonchev–Trinajstić information content (AvgIpc) is 3.30. The van der Waals surface area contributed by atoms with Crippen molar-refractivity contribution in [3.63, 3.8) is 0 Å². The number of rotatable bonds is 9. The molecule has 1 aliphatic rings. The van der Waals surface area contributed by atoms with Gasteiger partial charge in [-0.2, -0.15) is 4.72 Å². The fraction of sp³-hybridized carbons (Fsp3) is 0.217. The van der Waals surface area contributed by atoms with Crippen LogP contribution in [0, 0.1) is 0 Å². The highest BCUT2D eigenvalue weighted by molar-refractivity contribution is 7.91. The Balaban J connectivity index is 1.60. The molecule has 1 heterocycles. The number of thiophene rings is 1. The van der Waals surface area contributed by atoms with Crippen LogP contribution in [0.15, 0.2) is 64.9 Å². The van der Waals surface area contributed by atoms with E-state index in [1.54, 1.807) is 54.6 Å². The van der Waals surface area contributed by atoms with Gasteiger partial charge >= 0.3 is 5.97 Å². The maximum absolute atomic E-state index is 13.1. The average molecular weight is 521 g/mol. The molecule has 1 fully saturated rings. The summed E-state index contributed by atoms with van der Waals surface area (Å²) in [5.74, 6) is -2.52. The van der Waals surface area contributed by atoms with Gasteiger partial charge in [0.1, 0.15) is 9.75 Å². The second kappa shape index (κ2) is 9.47. The fourth-order valence-corrected chi connectivity index (χ4v) is 6.67. The first kappa shape index (κ1) is 24.4. The molecule has 0 aliphatic heterocycles. The van der Waals surface area contributed by atoms with Gasteiger partial charge in [-0.15, -0.1) is 11.3 Å². The van der Waals surface area contributed by atoms with Crippen LogP contribution >= 0.6 is 22.9 Å². The van der Waals surface area contributed by atoms with Crippen LogP contribution in [0.25, 0.3) is 10.4 Å². The number of nitrogens with one attached hydrogen (secondary N) is 2. The van der Waals surface area contributed by atoms with E-state index in [2.05, 4.69) is 10.0 Å². The zero-order chi connectivity index (χ0) is 24.5. The standard InChI is InChI=1S/C23H21ClN2O6S2/c24-15-7-5-14(6-8-15)19-9-10-20(33-19)34(31,32)26-23(22(29)30)13-18(23)16-3-1-2-4-17(16)21(28)25-11-12-27/h1-10,18,26-27H,11-13H2,(H,25,28)(H,29,30)/t18-,23+/m0/s1. The first-order chi connectivity index (χ1) is 16.2. The molecule has 1 aromatic heterocycles. The van der Waals surface area contributed by atoms with E-state index in [1.807, 2.05) is 0 Å². The summed E-state index contributed by atoms with van der Waals surface area (Å²) in [6, 6.07) is 16.5. The number of aliphatic carboxylic acids is 1. The molecule has 2 aromatic carbocycles. The highest BCUT2D eigenvalue weighted by atomic mass is 35.5. The first-order valence-electron chi connectivity index (χ1n) is 10.3. The maximum Gasteiger partial charge on any atom is 0.325 e. The van der Waals surface area contributed by atoms with Gasteiger partial charge in [0.25, 0.3) is 15.9 Å². The lowest BCUT2D eigenvalue weighted by atomic mass is 9.99. The molecule has 0 saturated heterocycles. The Bertz CT molecular complexity index is 1340. The predicted octanol–water partition coefficient (Wildman–Crippen LogP) is 3.08. The number of hydrogen-bond acceptors (Lipinski definition) is 6. The molecule has 2 atom stereocenters. The summed E-state index contributed by atoms with van der Waals surface area (Å²) >= 11 is 6.93. The minimum atomic E-state index is -4.16. The third kappa shape index (κ3) is 4.73. The van der Waals surface area contributed by atoms with Crippen molar-refractivity contribution in [3.8, 4) is 10.4 Å². The SMILES string of the molecule is O=C(NCCO)c1ccccc1[C@@H]1C[C@]1(NS(=O)(=O)c1ccc(-c2ccc(Cl)cc2)s1)C(=O)O. The number of hydrogen-bond donors (Lipinski definition) is 4. The van der Waals surface area contributed by atoms with Gasteiger partial charge in [0, 0.05) is 27.9 Å². The minimum absolute atomic E-state index is 0.00126. The molecule has 0 spiro atoms. The van der Waals surface area contributed by atoms with Crippen molar-refractivity contribution in [1.29, 1.82) is 0 Å². The van der Waals surface area contributed by atoms with Crippen LogP contribution in [-0.2, 0) is 14.8 Å². The number of carboxylic acids is 1. The summed E-state index contributed by atoms with van der Waals surface area (Å²) in [6.45, 7) is -0.197. The van der Waals surface area contributed by atoms with Gasteiger partial charge in [-0.05, 0) is 47.9 Å². The Kier molecular flexibility index (Phi) is 6.79. The Hall–Kier alpha value is -2.76. The van der Waals surface area contributed by atoms with E-state index in [-0.39, 0.29) is 29.3 Å². The van der Waals surface area contributed by atoms with Crippen molar-refractivity contribution < 1.29 is 28.2 Å². The molecule has 0 radical (unpaired) electrons. The Labute approximate surface area is 205 Å². The van der Waals surface area contributed by atoms with Crippen LogP contribution < -0.4 is 10.0 Å². The Morgan fingerprint density at radius 1 is 1.09 bits per heavy atom. The summed E-state index contributed by atoms with van der Waals surface area (Å²) in [7, 11) is -4.16. The summed E-state index contributed by atoms with van der Waals surface area (Å²) in [5, 5.41) is 22.0. The van der Waals surface area contributed by atoms with Crippen molar-refractivity contribution in [2.24, 2.45) is 0 Å². The number of carbonyl (C=O) groups excluding carboxylic acids is 1. The molecule has 1 saturated carbocycles. The number of carbonyl (C=O) groups is 2. The van der Waals surface area contributed by atoms with Gasteiger partial charge in [0.15, 0.2) is 0 Å². The zero-order valence-electron chi connectivity index (χ0n) is 17.7. The fourth-order valence-electron chi connectivity index (χ4n) is 3.83. The monoisotopic (exact) mass is 520 g/mol. The van der Waals surface area contributed by atoms with E-state index in [4.69, 9.17) is 16.7 Å². The molecule has 11 heteroatoms. The maximum atomic E-state index is 13.1. The number of sulfonamides is 1. The van der Waals surface area contributed by atoms with Crippen molar-refractivity contribution >= 4 is 44.8 Å². The van der Waals surface area contributed by atoms with E-state index in [9.17, 15) is 23.1 Å². The molecule has 8 nitrogen and oxygen atoms in total. The zero-order valence-corrected chi connectivity index (χ0v) is 20.1. The number of carboxylic acid groups (broad SMARTS) is 1. The van der Waals surface area contributed by atoms with Gasteiger partial charge in [-0.1, -0.05) is 41.9 Å². The van der Waals surface area contributed by atoms with Gasteiger partial charge in [-0.3, -0.25) is 9.59 Å². The molecule has 1 amide bonds. The topological polar surface area (TPSA) is 133 Å². The summed E-state index contributed by atoms with van der Waals surface area (Å²) < 4.78 is 28.6. The second-order valence-corrected chi connectivity index (χ2v) is 11.3. The van der Waals surface area contributed by atoms with Crippen molar-refractivity contribution in [2.45, 2.75) is 22.1 Å². The lowest BCUT2D eigenvalue weighted by molar-refractivity contribution is -0.140. The highest BCUT2D eigenvalue weighted by Gasteiger charge is 2.64. The predicted molar refractivity (Wildman–Crippen MR) is 129 cm³/mol. The lowest BCUT2D eigenvalue weighted by Crippen LogP contribution is -2.44. The Morgan fingerprint density at radius 2 is 1.79 bits per heavy atom. The highest BCUT2D eigenvalue weighted by Crippen LogP contribution is 2.53.